The third-order valence-corrected chi connectivity index (χ3v) is 30.4. The lowest BCUT2D eigenvalue weighted by Crippen LogP contribution is -2.55. The lowest BCUT2D eigenvalue weighted by Gasteiger charge is -2.41. The zero-order valence-electron chi connectivity index (χ0n) is 91.2. The fraction of sp³-hybridized carbons (Fsp3) is 0.709. The van der Waals surface area contributed by atoms with E-state index in [0.717, 1.165) is 24.2 Å². The number of aliphatic hydroxyl groups is 2. The number of imide groups is 1. The minimum Gasteiger partial charge on any atom is -0.442 e. The van der Waals surface area contributed by atoms with E-state index < -0.39 is 139 Å². The molecule has 2 aromatic carbocycles. The van der Waals surface area contributed by atoms with Crippen molar-refractivity contribution < 1.29 is 115 Å². The van der Waals surface area contributed by atoms with Gasteiger partial charge in [-0.3, -0.25) is 62.4 Å². The van der Waals surface area contributed by atoms with Crippen molar-refractivity contribution in [3.63, 3.8) is 0 Å². The Morgan fingerprint density at radius 1 is 0.466 bits per heavy atom. The Morgan fingerprint density at radius 3 is 1.21 bits per heavy atom. The summed E-state index contributed by atoms with van der Waals surface area (Å²) in [6.45, 7) is 31.9. The lowest BCUT2D eigenvalue weighted by molar-refractivity contribution is -0.149. The molecular weight excluding hydrogens is 1940 g/mol. The molecular formula is C110H174BrN11O24. The molecule has 2 aliphatic carbocycles. The van der Waals surface area contributed by atoms with Crippen LogP contribution in [0.1, 0.15) is 250 Å². The van der Waals surface area contributed by atoms with Crippen LogP contribution in [0, 0.1) is 59.2 Å². The van der Waals surface area contributed by atoms with Crippen molar-refractivity contribution in [3.05, 3.63) is 108 Å². The average Bonchev–Trinajstić information content (AvgIpc) is 1.58. The molecule has 3 aliphatic heterocycles. The third-order valence-electron chi connectivity index (χ3n) is 29.8. The lowest BCUT2D eigenvalue weighted by atomic mass is 9.83. The minimum atomic E-state index is -0.915. The van der Waals surface area contributed by atoms with E-state index in [1.54, 1.807) is 101 Å². The summed E-state index contributed by atoms with van der Waals surface area (Å²) in [4.78, 5) is 200. The van der Waals surface area contributed by atoms with E-state index in [4.69, 9.17) is 37.9 Å². The van der Waals surface area contributed by atoms with Crippen LogP contribution >= 0.6 is 15.9 Å². The maximum Gasteiger partial charge on any atom is 0.410 e. The summed E-state index contributed by atoms with van der Waals surface area (Å²) in [5.41, 5.74) is 1.38. The highest BCUT2D eigenvalue weighted by Gasteiger charge is 2.48. The Morgan fingerprint density at radius 2 is 0.849 bits per heavy atom. The van der Waals surface area contributed by atoms with Gasteiger partial charge in [0.25, 0.3) is 11.8 Å². The van der Waals surface area contributed by atoms with Crippen LogP contribution in [0.3, 0.4) is 0 Å². The van der Waals surface area contributed by atoms with Gasteiger partial charge in [-0.05, 0) is 150 Å². The maximum atomic E-state index is 14.8. The zero-order valence-corrected chi connectivity index (χ0v) is 92.8. The van der Waals surface area contributed by atoms with Gasteiger partial charge in [0.15, 0.2) is 11.6 Å². The number of nitrogens with zero attached hydrogens (tertiary/aromatic N) is 7. The number of nitrogens with one attached hydrogen (secondary N) is 4. The van der Waals surface area contributed by atoms with Crippen LogP contribution in [0.25, 0.3) is 0 Å². The molecule has 2 aromatic rings. The molecule has 0 bridgehead atoms. The van der Waals surface area contributed by atoms with Crippen LogP contribution < -0.4 is 21.3 Å². The Labute approximate surface area is 875 Å². The van der Waals surface area contributed by atoms with Crippen molar-refractivity contribution >= 4 is 98.8 Å². The Balaban J connectivity index is 0.000000448. The topological polar surface area (TPSA) is 424 Å². The number of carbonyl (C=O) groups excluding carboxylic acids is 14. The van der Waals surface area contributed by atoms with Gasteiger partial charge in [0.05, 0.1) is 134 Å². The summed E-state index contributed by atoms with van der Waals surface area (Å²) < 4.78 is 47.8. The first-order valence-electron chi connectivity index (χ1n) is 52.7. The summed E-state index contributed by atoms with van der Waals surface area (Å²) in [6.07, 6.45) is 11.5. The molecule has 18 unspecified atom stereocenters. The molecule has 3 heterocycles. The van der Waals surface area contributed by atoms with E-state index in [0.29, 0.717) is 108 Å². The quantitative estimate of drug-likeness (QED) is 0.0155. The van der Waals surface area contributed by atoms with E-state index in [2.05, 4.69) is 37.2 Å². The number of ether oxygens (including phenoxy) is 8. The number of ketones is 2. The number of halogens is 1. The second kappa shape index (κ2) is 62.9. The van der Waals surface area contributed by atoms with Crippen molar-refractivity contribution in [2.75, 3.05) is 108 Å². The number of likely N-dealkylation sites (N-methyl/N-ethyl adjacent to an activating group) is 4. The third kappa shape index (κ3) is 36.8. The first kappa shape index (κ1) is 125. The summed E-state index contributed by atoms with van der Waals surface area (Å²) in [7, 11) is 12.7. The van der Waals surface area contributed by atoms with Crippen LogP contribution in [0.15, 0.2) is 97.1 Å². The number of amides is 12. The number of likely N-dealkylation sites (tertiary alicyclic amines) is 2. The van der Waals surface area contributed by atoms with Crippen LogP contribution in [-0.4, -0.2) is 332 Å². The van der Waals surface area contributed by atoms with Gasteiger partial charge in [-0.1, -0.05) is 199 Å². The SMILES string of the molecule is CC[C@H](C)C(C(CC(=O)N1CCCC1C(OC)C(C)C(=O)N[C@H](C)[C@@H](O)c1ccccc1)OC)N(C)C(=O)C(CC(=O)C(C(C)C)N(C)C(=O)OC1/C=C/CC(OCC(=O)NCCN2C(=O)C=CC2=O)CCC1)C(C)C.CC[C@H](C)C(C(CC(=O)N1CCCC1C(OC)C(C)C(=O)N[C@H](C)[C@@H](O)c1ccccc1)OC)N(C)C(=O)C(CC(=O)C(C(C)C)N(C)C(=O)OC1/C=C/CC(OCCNC(=O)CBr)CCC1)C(C)C. The number of rotatable bonds is 55. The second-order valence-electron chi connectivity index (χ2n) is 41.6. The monoisotopic (exact) mass is 2110 g/mol. The van der Waals surface area contributed by atoms with Crippen LogP contribution in [0.4, 0.5) is 9.59 Å². The normalized spacial score (nSPS) is 21.8. The second-order valence-corrected chi connectivity index (χ2v) is 42.1. The highest BCUT2D eigenvalue weighted by molar-refractivity contribution is 9.09. The van der Waals surface area contributed by atoms with Gasteiger partial charge in [0, 0.05) is 126 Å². The predicted octanol–water partition coefficient (Wildman–Crippen LogP) is 12.3. The Bertz CT molecular complexity index is 4550. The highest BCUT2D eigenvalue weighted by Crippen LogP contribution is 2.37. The van der Waals surface area contributed by atoms with Crippen molar-refractivity contribution in [3.8, 4) is 0 Å². The Kier molecular flexibility index (Phi) is 54.0. The standard InChI is InChI=1S/C57H88N6O13.C53H86BrN5O11/c1-13-37(6)52(46(73-11)33-50(68)62-30-19-26-44(62)54(74-12)38(7)55(70)59-39(8)53(69)40-20-15-14-16-21-40)60(9)56(71)43(35(2)3)32-45(64)51(36(4)5)61(10)57(72)76-42-24-17-22-41(23-18-25-42)75-34-47(65)58-29-31-63-48(66)27-28-49(63)67;1-13-35(6)48(44(67-11)31-46(62)59-28-19-26-42(59)50(68-12)36(7)51(64)56-37(8)49(63)38-20-15-14-16-21-38)57(9)52(65)41(33(2)3)30-43(60)47(34(4)5)58(10)53(66)70-40-24-17-22-39(23-18-25-40)69-29-27-55-45(61)32-54/h14-17,20-21,24,27-28,35-39,41-44,46,51-54,69H,13,18-19,22-23,25-26,29-34H2,1-12H3,(H,58,65)(H,59,70);14-17,20-21,24,33-37,39-42,44,47-50,63H,13,18-19,22-23,25-32H2,1-12H3,(H,55,61)(H,56,64)/b2*24-17+/t37-,38?,39+,41?,42?,43?,44?,46?,51?,52?,53+,54?;35-,36?,37+,39?,40?,41?,42?,44?,47?,48?,49+,50?/m00/s1. The first-order valence-corrected chi connectivity index (χ1v) is 53.8. The van der Waals surface area contributed by atoms with E-state index in [9.17, 15) is 77.3 Å². The number of alkyl halides is 1. The van der Waals surface area contributed by atoms with E-state index in [1.807, 2.05) is 150 Å². The molecule has 2 saturated heterocycles. The molecule has 5 aliphatic rings. The van der Waals surface area contributed by atoms with Crippen LogP contribution in [-0.2, 0) is 95.4 Å². The molecule has 146 heavy (non-hydrogen) atoms. The first-order chi connectivity index (χ1) is 69.3. The van der Waals surface area contributed by atoms with Gasteiger partial charge in [0.1, 0.15) is 18.8 Å². The van der Waals surface area contributed by atoms with Crippen LogP contribution in [0.5, 0.6) is 0 Å². The van der Waals surface area contributed by atoms with E-state index in [-0.39, 0.29) is 163 Å². The molecule has 24 atom stereocenters. The van der Waals surface area contributed by atoms with Gasteiger partial charge < -0.3 is 98.8 Å². The van der Waals surface area contributed by atoms with Crippen LogP contribution in [0.2, 0.25) is 0 Å². The fourth-order valence-electron chi connectivity index (χ4n) is 20.9. The molecule has 0 spiro atoms. The Hall–Kier alpha value is -9.40. The summed E-state index contributed by atoms with van der Waals surface area (Å²) in [5.74, 6) is -7.33. The van der Waals surface area contributed by atoms with Crippen molar-refractivity contribution in [2.45, 2.75) is 336 Å². The number of Topliss-reactive ketones (excluding diaryl/α,β-unsaturated/α-hetero) is 2. The molecule has 35 nitrogen and oxygen atoms in total. The molecule has 7 rings (SSSR count). The van der Waals surface area contributed by atoms with E-state index in [1.165, 1.54) is 43.2 Å². The number of aliphatic hydroxyl groups excluding tert-OH is 2. The fourth-order valence-corrected chi connectivity index (χ4v) is 21.1. The molecule has 0 aromatic heterocycles. The molecule has 820 valence electrons. The maximum absolute atomic E-state index is 14.8. The number of hydrogen-bond acceptors (Lipinski definition) is 24. The van der Waals surface area contributed by atoms with Crippen molar-refractivity contribution in [2.24, 2.45) is 59.2 Å². The molecule has 2 fully saturated rings. The predicted molar refractivity (Wildman–Crippen MR) is 560 cm³/mol. The zero-order chi connectivity index (χ0) is 109. The molecule has 6 N–H and O–H groups in total. The number of benzene rings is 2. The van der Waals surface area contributed by atoms with Gasteiger partial charge in [-0.2, -0.15) is 0 Å². The minimum absolute atomic E-state index is 0.00936. The molecule has 12 amide bonds. The highest BCUT2D eigenvalue weighted by atomic mass is 79.9. The smallest absolute Gasteiger partial charge is 0.410 e. The molecule has 0 radical (unpaired) electrons. The van der Waals surface area contributed by atoms with Crippen molar-refractivity contribution in [1.29, 1.82) is 0 Å². The van der Waals surface area contributed by atoms with Gasteiger partial charge in [-0.25, -0.2) is 9.59 Å². The summed E-state index contributed by atoms with van der Waals surface area (Å²) >= 11 is 3.13. The summed E-state index contributed by atoms with van der Waals surface area (Å²) in [6, 6.07) is 13.5. The summed E-state index contributed by atoms with van der Waals surface area (Å²) in [5, 5.41) is 33.4. The number of methoxy groups -OCH3 is 4. The van der Waals surface area contributed by atoms with E-state index >= 15 is 0 Å². The van der Waals surface area contributed by atoms with Gasteiger partial charge in [0.2, 0.25) is 47.3 Å². The average molecular weight is 2110 g/mol. The molecule has 0 saturated carbocycles. The largest absolute Gasteiger partial charge is 0.442 e. The molecule has 36 heteroatoms. The van der Waals surface area contributed by atoms with Gasteiger partial charge >= 0.3 is 12.2 Å². The van der Waals surface area contributed by atoms with Crippen molar-refractivity contribution in [1.82, 2.24) is 55.6 Å². The number of carbonyl (C=O) groups is 14. The number of hydrogen-bond donors (Lipinski definition) is 6. The van der Waals surface area contributed by atoms with Gasteiger partial charge in [-0.15, -0.1) is 0 Å².